The van der Waals surface area contributed by atoms with Crippen molar-refractivity contribution in [3.05, 3.63) is 47.6 Å². The van der Waals surface area contributed by atoms with Crippen LogP contribution in [0.25, 0.3) is 0 Å². The van der Waals surface area contributed by atoms with Crippen LogP contribution in [0, 0.1) is 6.92 Å². The fourth-order valence-electron chi connectivity index (χ4n) is 2.59. The van der Waals surface area contributed by atoms with E-state index in [-0.39, 0.29) is 12.1 Å². The average molecular weight is 286 g/mol. The highest BCUT2D eigenvalue weighted by Crippen LogP contribution is 2.30. The van der Waals surface area contributed by atoms with Crippen LogP contribution in [0.5, 0.6) is 0 Å². The smallest absolute Gasteiger partial charge is 0.318 e. The summed E-state index contributed by atoms with van der Waals surface area (Å²) in [4.78, 5) is 18.4. The normalized spacial score (nSPS) is 18.0. The van der Waals surface area contributed by atoms with Gasteiger partial charge in [-0.05, 0) is 25.3 Å². The first-order valence-corrected chi connectivity index (χ1v) is 7.12. The molecule has 2 heterocycles. The number of hydrogen-bond acceptors (Lipinski definition) is 4. The van der Waals surface area contributed by atoms with E-state index in [9.17, 15) is 4.79 Å². The second-order valence-electron chi connectivity index (χ2n) is 5.18. The Kier molecular flexibility index (Phi) is 3.85. The van der Waals surface area contributed by atoms with Gasteiger partial charge in [0.15, 0.2) is 5.82 Å². The van der Waals surface area contributed by atoms with Crippen molar-refractivity contribution in [3.8, 4) is 0 Å². The second kappa shape index (κ2) is 5.95. The van der Waals surface area contributed by atoms with Crippen molar-refractivity contribution in [2.24, 2.45) is 0 Å². The van der Waals surface area contributed by atoms with E-state index in [1.54, 1.807) is 11.8 Å². The molecule has 6 nitrogen and oxygen atoms in total. The number of likely N-dealkylation sites (tertiary alicyclic amines) is 1. The van der Waals surface area contributed by atoms with Crippen LogP contribution in [-0.4, -0.2) is 27.6 Å². The predicted molar refractivity (Wildman–Crippen MR) is 76.4 cm³/mol. The lowest BCUT2D eigenvalue weighted by Gasteiger charge is -2.22. The van der Waals surface area contributed by atoms with Crippen LogP contribution < -0.4 is 5.32 Å². The number of urea groups is 1. The molecule has 6 heteroatoms. The van der Waals surface area contributed by atoms with Crippen LogP contribution in [-0.2, 0) is 6.54 Å². The maximum atomic E-state index is 12.3. The first-order chi connectivity index (χ1) is 10.2. The number of carbonyl (C=O) groups is 1. The molecule has 2 aromatic rings. The quantitative estimate of drug-likeness (QED) is 0.940. The van der Waals surface area contributed by atoms with Gasteiger partial charge >= 0.3 is 6.03 Å². The summed E-state index contributed by atoms with van der Waals surface area (Å²) in [6.45, 7) is 3.01. The molecular weight excluding hydrogens is 268 g/mol. The third-order valence-electron chi connectivity index (χ3n) is 3.63. The summed E-state index contributed by atoms with van der Waals surface area (Å²) in [5.41, 5.74) is 1.08. The van der Waals surface area contributed by atoms with Crippen molar-refractivity contribution in [2.45, 2.75) is 32.4 Å². The molecule has 0 aliphatic carbocycles. The van der Waals surface area contributed by atoms with Crippen molar-refractivity contribution < 1.29 is 9.32 Å². The maximum Gasteiger partial charge on any atom is 0.318 e. The summed E-state index contributed by atoms with van der Waals surface area (Å²) in [6.07, 6.45) is 1.81. The SMILES string of the molecule is Cc1noc(C2CCCN2C(=O)NCc2ccccc2)n1. The number of nitrogens with one attached hydrogen (secondary N) is 1. The van der Waals surface area contributed by atoms with Crippen LogP contribution >= 0.6 is 0 Å². The van der Waals surface area contributed by atoms with Gasteiger partial charge in [0.2, 0.25) is 5.89 Å². The molecule has 1 aromatic heterocycles. The van der Waals surface area contributed by atoms with Crippen LogP contribution in [0.1, 0.15) is 36.2 Å². The van der Waals surface area contributed by atoms with E-state index in [0.717, 1.165) is 18.4 Å². The first-order valence-electron chi connectivity index (χ1n) is 7.12. The van der Waals surface area contributed by atoms with Gasteiger partial charge in [-0.15, -0.1) is 0 Å². The van der Waals surface area contributed by atoms with Crippen molar-refractivity contribution >= 4 is 6.03 Å². The molecule has 1 aromatic carbocycles. The zero-order chi connectivity index (χ0) is 14.7. The van der Waals surface area contributed by atoms with E-state index in [2.05, 4.69) is 15.5 Å². The third-order valence-corrected chi connectivity index (χ3v) is 3.63. The summed E-state index contributed by atoms with van der Waals surface area (Å²) in [5.74, 6) is 1.13. The average Bonchev–Trinajstić information content (AvgIpc) is 3.14. The fourth-order valence-corrected chi connectivity index (χ4v) is 2.59. The highest BCUT2D eigenvalue weighted by molar-refractivity contribution is 5.74. The molecular formula is C15H18N4O2. The van der Waals surface area contributed by atoms with E-state index < -0.39 is 0 Å². The number of benzene rings is 1. The maximum absolute atomic E-state index is 12.3. The van der Waals surface area contributed by atoms with Gasteiger partial charge in [0.05, 0.1) is 0 Å². The molecule has 3 rings (SSSR count). The molecule has 21 heavy (non-hydrogen) atoms. The van der Waals surface area contributed by atoms with Gasteiger partial charge in [-0.3, -0.25) is 0 Å². The molecule has 0 saturated carbocycles. The second-order valence-corrected chi connectivity index (χ2v) is 5.18. The minimum Gasteiger partial charge on any atom is -0.337 e. The number of rotatable bonds is 3. The molecule has 1 unspecified atom stereocenters. The van der Waals surface area contributed by atoms with E-state index in [1.807, 2.05) is 30.3 Å². The molecule has 1 aliphatic heterocycles. The molecule has 0 radical (unpaired) electrons. The van der Waals surface area contributed by atoms with Gasteiger partial charge < -0.3 is 14.7 Å². The highest BCUT2D eigenvalue weighted by Gasteiger charge is 2.33. The van der Waals surface area contributed by atoms with Gasteiger partial charge in [0, 0.05) is 13.1 Å². The van der Waals surface area contributed by atoms with E-state index >= 15 is 0 Å². The largest absolute Gasteiger partial charge is 0.337 e. The number of amides is 2. The van der Waals surface area contributed by atoms with Crippen LogP contribution in [0.15, 0.2) is 34.9 Å². The minimum absolute atomic E-state index is 0.0859. The summed E-state index contributed by atoms with van der Waals surface area (Å²) < 4.78 is 5.21. The van der Waals surface area contributed by atoms with Gasteiger partial charge in [-0.2, -0.15) is 4.98 Å². The molecule has 1 N–H and O–H groups in total. The number of aromatic nitrogens is 2. The van der Waals surface area contributed by atoms with Crippen LogP contribution in [0.2, 0.25) is 0 Å². The zero-order valence-corrected chi connectivity index (χ0v) is 12.0. The Hall–Kier alpha value is -2.37. The standard InChI is InChI=1S/C15H18N4O2/c1-11-17-14(21-18-11)13-8-5-9-19(13)15(20)16-10-12-6-3-2-4-7-12/h2-4,6-7,13H,5,8-10H2,1H3,(H,16,20). The van der Waals surface area contributed by atoms with E-state index in [1.165, 1.54) is 0 Å². The van der Waals surface area contributed by atoms with Crippen molar-refractivity contribution in [3.63, 3.8) is 0 Å². The third kappa shape index (κ3) is 3.04. The molecule has 110 valence electrons. The van der Waals surface area contributed by atoms with Gasteiger partial charge in [0.25, 0.3) is 0 Å². The Labute approximate surface area is 123 Å². The van der Waals surface area contributed by atoms with Crippen molar-refractivity contribution in [1.82, 2.24) is 20.4 Å². The van der Waals surface area contributed by atoms with E-state index in [0.29, 0.717) is 24.8 Å². The number of nitrogens with zero attached hydrogens (tertiary/aromatic N) is 3. The summed E-state index contributed by atoms with van der Waals surface area (Å²) in [6, 6.07) is 9.66. The van der Waals surface area contributed by atoms with Crippen LogP contribution in [0.4, 0.5) is 4.79 Å². The fraction of sp³-hybridized carbons (Fsp3) is 0.400. The molecule has 2 amide bonds. The Morgan fingerprint density at radius 1 is 1.43 bits per heavy atom. The van der Waals surface area contributed by atoms with Gasteiger partial charge in [-0.1, -0.05) is 35.5 Å². The Morgan fingerprint density at radius 2 is 2.24 bits per heavy atom. The highest BCUT2D eigenvalue weighted by atomic mass is 16.5. The van der Waals surface area contributed by atoms with Crippen LogP contribution in [0.3, 0.4) is 0 Å². The van der Waals surface area contributed by atoms with E-state index in [4.69, 9.17) is 4.52 Å². The minimum atomic E-state index is -0.109. The topological polar surface area (TPSA) is 71.3 Å². The summed E-state index contributed by atoms with van der Waals surface area (Å²) in [7, 11) is 0. The number of hydrogen-bond donors (Lipinski definition) is 1. The lowest BCUT2D eigenvalue weighted by molar-refractivity contribution is 0.180. The Morgan fingerprint density at radius 3 is 2.95 bits per heavy atom. The zero-order valence-electron chi connectivity index (χ0n) is 12.0. The van der Waals surface area contributed by atoms with Crippen molar-refractivity contribution in [2.75, 3.05) is 6.54 Å². The molecule has 0 spiro atoms. The molecule has 1 saturated heterocycles. The van der Waals surface area contributed by atoms with Crippen molar-refractivity contribution in [1.29, 1.82) is 0 Å². The first kappa shape index (κ1) is 13.6. The lowest BCUT2D eigenvalue weighted by Crippen LogP contribution is -2.39. The molecule has 1 atom stereocenters. The summed E-state index contributed by atoms with van der Waals surface area (Å²) >= 11 is 0. The monoisotopic (exact) mass is 286 g/mol. The Balaban J connectivity index is 1.63. The summed E-state index contributed by atoms with van der Waals surface area (Å²) in [5, 5.41) is 6.75. The van der Waals surface area contributed by atoms with Gasteiger partial charge in [0.1, 0.15) is 6.04 Å². The molecule has 0 bridgehead atoms. The number of carbonyl (C=O) groups excluding carboxylic acids is 1. The van der Waals surface area contributed by atoms with Gasteiger partial charge in [-0.25, -0.2) is 4.79 Å². The molecule has 1 aliphatic rings. The number of aryl methyl sites for hydroxylation is 1. The lowest BCUT2D eigenvalue weighted by atomic mass is 10.2. The molecule has 1 fully saturated rings. The predicted octanol–water partition coefficient (Wildman–Crippen LogP) is 2.42. The Bertz CT molecular complexity index is 611.